The molecule has 1 radical (unpaired) electrons. The van der Waals surface area contributed by atoms with Crippen LogP contribution in [-0.2, 0) is 26.5 Å². The first-order valence-electron chi connectivity index (χ1n) is 8.95. The SMILES string of the molecule is O=C(O)c1ccccn1.[Ir].[c-]1nccn1-c1ncnn1-c1cccc2c1CCCO2. The predicted molar refractivity (Wildman–Crippen MR) is 102 cm³/mol. The Hall–Kier alpha value is -3.36. The van der Waals surface area contributed by atoms with Gasteiger partial charge >= 0.3 is 5.97 Å². The average Bonchev–Trinajstić information content (AvgIpc) is 3.46. The average molecular weight is 582 g/mol. The molecule has 0 bridgehead atoms. The summed E-state index contributed by atoms with van der Waals surface area (Å²) >= 11 is 0. The maximum atomic E-state index is 10.1. The van der Waals surface area contributed by atoms with Gasteiger partial charge in [0.25, 0.3) is 0 Å². The topological polar surface area (TPSA) is 108 Å². The van der Waals surface area contributed by atoms with Gasteiger partial charge < -0.3 is 19.4 Å². The number of carboxylic acid groups (broad SMARTS) is 1. The second-order valence-electron chi connectivity index (χ2n) is 6.10. The molecule has 1 aromatic carbocycles. The van der Waals surface area contributed by atoms with Crippen molar-refractivity contribution in [3.63, 3.8) is 0 Å². The van der Waals surface area contributed by atoms with Gasteiger partial charge in [0.15, 0.2) is 5.95 Å². The van der Waals surface area contributed by atoms with Crippen molar-refractivity contribution in [2.45, 2.75) is 12.8 Å². The normalized spacial score (nSPS) is 11.9. The van der Waals surface area contributed by atoms with Gasteiger partial charge in [0.05, 0.1) is 12.3 Å². The minimum absolute atomic E-state index is 0. The molecule has 0 saturated heterocycles. The Morgan fingerprint density at radius 3 is 2.73 bits per heavy atom. The van der Waals surface area contributed by atoms with Crippen molar-refractivity contribution in [2.24, 2.45) is 0 Å². The molecular weight excluding hydrogens is 564 g/mol. The summed E-state index contributed by atoms with van der Waals surface area (Å²) in [5, 5.41) is 12.7. The minimum Gasteiger partial charge on any atom is -0.493 e. The van der Waals surface area contributed by atoms with Gasteiger partial charge in [-0.2, -0.15) is 5.10 Å². The number of imidazole rings is 1. The van der Waals surface area contributed by atoms with Gasteiger partial charge in [-0.25, -0.2) is 19.4 Å². The molecule has 0 unspecified atom stereocenters. The molecule has 1 aliphatic heterocycles. The number of ether oxygens (including phenoxy) is 1. The van der Waals surface area contributed by atoms with Gasteiger partial charge in [-0.1, -0.05) is 24.5 Å². The smallest absolute Gasteiger partial charge is 0.354 e. The first-order valence-corrected chi connectivity index (χ1v) is 8.95. The van der Waals surface area contributed by atoms with Crippen LogP contribution in [0.4, 0.5) is 0 Å². The van der Waals surface area contributed by atoms with E-state index in [9.17, 15) is 4.79 Å². The predicted octanol–water partition coefficient (Wildman–Crippen LogP) is 2.36. The number of hydrogen-bond donors (Lipinski definition) is 1. The molecule has 1 N–H and O–H groups in total. The van der Waals surface area contributed by atoms with Crippen LogP contribution in [0.3, 0.4) is 0 Å². The molecule has 155 valence electrons. The molecule has 0 atom stereocenters. The van der Waals surface area contributed by atoms with Crippen molar-refractivity contribution in [3.05, 3.63) is 78.9 Å². The molecule has 0 fully saturated rings. The van der Waals surface area contributed by atoms with Gasteiger partial charge in [-0.3, -0.25) is 0 Å². The number of pyridine rings is 1. The number of aromatic nitrogens is 6. The Bertz CT molecular complexity index is 1100. The molecule has 4 heterocycles. The van der Waals surface area contributed by atoms with Crippen LogP contribution in [0.5, 0.6) is 5.75 Å². The largest absolute Gasteiger partial charge is 0.493 e. The molecule has 4 aromatic rings. The maximum Gasteiger partial charge on any atom is 0.354 e. The monoisotopic (exact) mass is 582 g/mol. The summed E-state index contributed by atoms with van der Waals surface area (Å²) in [7, 11) is 0. The molecule has 10 heteroatoms. The zero-order chi connectivity index (χ0) is 20.1. The van der Waals surface area contributed by atoms with Gasteiger partial charge in [0, 0.05) is 38.2 Å². The summed E-state index contributed by atoms with van der Waals surface area (Å²) in [4.78, 5) is 21.9. The van der Waals surface area contributed by atoms with E-state index in [-0.39, 0.29) is 25.8 Å². The van der Waals surface area contributed by atoms with Gasteiger partial charge in [0.1, 0.15) is 17.8 Å². The molecule has 30 heavy (non-hydrogen) atoms. The summed E-state index contributed by atoms with van der Waals surface area (Å²) in [5.74, 6) is 0.613. The fourth-order valence-electron chi connectivity index (χ4n) is 2.97. The fraction of sp³-hybridized carbons (Fsp3) is 0.150. The van der Waals surface area contributed by atoms with E-state index < -0.39 is 5.97 Å². The third-order valence-corrected chi connectivity index (χ3v) is 4.25. The van der Waals surface area contributed by atoms with Crippen molar-refractivity contribution >= 4 is 5.97 Å². The summed E-state index contributed by atoms with van der Waals surface area (Å²) in [6.07, 6.45) is 11.3. The second kappa shape index (κ2) is 9.91. The van der Waals surface area contributed by atoms with Crippen LogP contribution in [0.25, 0.3) is 11.6 Å². The zero-order valence-electron chi connectivity index (χ0n) is 15.7. The third-order valence-electron chi connectivity index (χ3n) is 4.25. The minimum atomic E-state index is -0.990. The van der Waals surface area contributed by atoms with Crippen molar-refractivity contribution in [2.75, 3.05) is 6.61 Å². The Morgan fingerprint density at radius 1 is 1.13 bits per heavy atom. The Balaban J connectivity index is 0.000000218. The van der Waals surface area contributed by atoms with E-state index >= 15 is 0 Å². The number of aromatic carboxylic acids is 1. The first kappa shape index (κ1) is 21.4. The van der Waals surface area contributed by atoms with E-state index in [4.69, 9.17) is 9.84 Å². The van der Waals surface area contributed by atoms with Crippen molar-refractivity contribution in [3.8, 4) is 17.4 Å². The van der Waals surface area contributed by atoms with Crippen LogP contribution in [0.15, 0.2) is 61.3 Å². The summed E-state index contributed by atoms with van der Waals surface area (Å²) in [6.45, 7) is 0.774. The van der Waals surface area contributed by atoms with E-state index in [2.05, 4.69) is 26.4 Å². The molecule has 5 rings (SSSR count). The fourth-order valence-corrected chi connectivity index (χ4v) is 2.97. The van der Waals surface area contributed by atoms with E-state index in [1.807, 2.05) is 18.2 Å². The number of hydrogen-bond acceptors (Lipinski definition) is 6. The second-order valence-corrected chi connectivity index (χ2v) is 6.10. The van der Waals surface area contributed by atoms with Crippen molar-refractivity contribution < 1.29 is 34.7 Å². The van der Waals surface area contributed by atoms with Gasteiger partial charge in [0.2, 0.25) is 0 Å². The quantitative estimate of drug-likeness (QED) is 0.370. The number of carboxylic acids is 1. The number of fused-ring (bicyclic) bond motifs is 1. The summed E-state index contributed by atoms with van der Waals surface area (Å²) in [5.41, 5.74) is 2.25. The Morgan fingerprint density at radius 2 is 2.03 bits per heavy atom. The standard InChI is InChI=1S/C14H12N5O.C6H5NO2.Ir/c1-4-12(11-3-2-8-20-13(11)5-1)19-14(16-9-17-19)18-7-6-15-10-18;8-6(9)5-3-1-2-4-7-5;/h1,4-7,9H,2-3,8H2;1-4H,(H,8,9);/q-1;;. The maximum absolute atomic E-state index is 10.1. The first-order chi connectivity index (χ1) is 14.2. The number of carbonyl (C=O) groups is 1. The molecule has 0 amide bonds. The molecule has 3 aromatic heterocycles. The van der Waals surface area contributed by atoms with Crippen LogP contribution < -0.4 is 4.74 Å². The Labute approximate surface area is 185 Å². The third kappa shape index (κ3) is 4.61. The summed E-state index contributed by atoms with van der Waals surface area (Å²) < 4.78 is 9.22. The van der Waals surface area contributed by atoms with Crippen LogP contribution in [-0.4, -0.2) is 47.0 Å². The van der Waals surface area contributed by atoms with E-state index in [1.54, 1.807) is 33.8 Å². The van der Waals surface area contributed by atoms with Crippen LogP contribution in [0.1, 0.15) is 22.5 Å². The van der Waals surface area contributed by atoms with E-state index in [0.717, 1.165) is 30.9 Å². The molecule has 0 aliphatic carbocycles. The zero-order valence-corrected chi connectivity index (χ0v) is 18.1. The van der Waals surface area contributed by atoms with Crippen LogP contribution in [0, 0.1) is 6.33 Å². The number of rotatable bonds is 3. The number of nitrogens with zero attached hydrogens (tertiary/aromatic N) is 6. The molecule has 0 spiro atoms. The van der Waals surface area contributed by atoms with Crippen LogP contribution in [0.2, 0.25) is 0 Å². The summed E-state index contributed by atoms with van der Waals surface area (Å²) in [6, 6.07) is 10.8. The van der Waals surface area contributed by atoms with E-state index in [0.29, 0.717) is 5.95 Å². The van der Waals surface area contributed by atoms with Crippen molar-refractivity contribution in [1.82, 2.24) is 29.3 Å². The van der Waals surface area contributed by atoms with Gasteiger partial charge in [-0.05, 0) is 37.1 Å². The van der Waals surface area contributed by atoms with E-state index in [1.165, 1.54) is 24.2 Å². The number of benzene rings is 1. The molecule has 9 nitrogen and oxygen atoms in total. The van der Waals surface area contributed by atoms with Crippen molar-refractivity contribution in [1.29, 1.82) is 0 Å². The molecular formula is C20H17IrN6O3-. The van der Waals surface area contributed by atoms with Crippen LogP contribution >= 0.6 is 0 Å². The molecule has 1 aliphatic rings. The van der Waals surface area contributed by atoms with Gasteiger partial charge in [-0.15, -0.1) is 0 Å². The Kier molecular flexibility index (Phi) is 7.05. The molecule has 0 saturated carbocycles.